The van der Waals surface area contributed by atoms with Gasteiger partial charge >= 0.3 is 34.3 Å². The molecule has 15 heteroatoms. The van der Waals surface area contributed by atoms with Crippen molar-refractivity contribution in [3.63, 3.8) is 0 Å². The first-order chi connectivity index (χ1) is 22.7. The second-order valence-corrected chi connectivity index (χ2v) is 12.4. The Hall–Kier alpha value is -3.05. The van der Waals surface area contributed by atoms with Gasteiger partial charge in [-0.2, -0.15) is 0 Å². The quantitative estimate of drug-likeness (QED) is 0.130. The molecule has 0 amide bonds. The topological polar surface area (TPSA) is 81.0 Å². The van der Waals surface area contributed by atoms with Gasteiger partial charge in [-0.15, -0.1) is 0 Å². The molecule has 1 aromatic heterocycles. The minimum atomic E-state index is -6.00. The molecule has 0 radical (unpaired) electrons. The van der Waals surface area contributed by atoms with Gasteiger partial charge in [0.1, 0.15) is 12.4 Å². The number of hydrogen-bond acceptors (Lipinski definition) is 3. The number of nitrogens with zero attached hydrogens (tertiary/aromatic N) is 2. The third-order valence-electron chi connectivity index (χ3n) is 7.20. The molecular weight excluding hydrogens is 787 g/mol. The van der Waals surface area contributed by atoms with E-state index in [1.54, 1.807) is 24.3 Å². The van der Waals surface area contributed by atoms with E-state index in [-0.39, 0.29) is 17.3 Å². The molecule has 5 rings (SSSR count). The van der Waals surface area contributed by atoms with Crippen molar-refractivity contribution in [1.82, 2.24) is 9.29 Å². The Labute approximate surface area is 307 Å². The number of hydrogen-bond donors (Lipinski definition) is 2. The van der Waals surface area contributed by atoms with Crippen molar-refractivity contribution in [2.75, 3.05) is 0 Å². The summed E-state index contributed by atoms with van der Waals surface area (Å²) in [5.41, 5.74) is 10.5. The summed E-state index contributed by atoms with van der Waals surface area (Å²) in [5, 5.41) is 0. The number of sulfonamides is 1. The van der Waals surface area contributed by atoms with E-state index >= 15 is 0 Å². The van der Waals surface area contributed by atoms with Crippen molar-refractivity contribution in [3.05, 3.63) is 156 Å². The summed E-state index contributed by atoms with van der Waals surface area (Å²) in [6.07, 6.45) is 5.33. The van der Waals surface area contributed by atoms with Crippen molar-refractivity contribution in [3.8, 4) is 0 Å². The zero-order valence-electron chi connectivity index (χ0n) is 27.1. The fraction of sp³-hybridized carbons (Fsp3) is 0.206. The normalized spacial score (nSPS) is 12.0. The Morgan fingerprint density at radius 3 is 1.71 bits per heavy atom. The molecule has 0 aliphatic rings. The van der Waals surface area contributed by atoms with Gasteiger partial charge in [-0.3, -0.25) is 0 Å². The molecule has 0 unspecified atom stereocenters. The van der Waals surface area contributed by atoms with Crippen molar-refractivity contribution >= 4 is 27.0 Å². The van der Waals surface area contributed by atoms with Crippen LogP contribution in [0.4, 0.5) is 17.3 Å². The van der Waals surface area contributed by atoms with Gasteiger partial charge in [0.2, 0.25) is 10.0 Å². The summed E-state index contributed by atoms with van der Waals surface area (Å²) < 4.78 is 72.0. The third kappa shape index (κ3) is 16.0. The second-order valence-electron chi connectivity index (χ2n) is 10.6. The standard InChI is InChI=1S/C21H22N2O2S.C13H17N2.BF4.2ClH.Ru/c1-16-12-14-19(15-13-16)26(24,25)23-21(18-10-6-3-7-11-18)20(22)17-8-4-2-5-9-17;1-12-14(2)10-11-15(12)9-8-13-6-4-3-5-7-13;2-1(3,4)5;;;/h2-15,20-21,23H,22H2,1H3;3-7,10-11H,8-9H2,1-2H3;;2*1H;/q;+1;-1;;;+2/p-2/t20-,21-;;;;;/m1...../s1. The van der Waals surface area contributed by atoms with E-state index in [1.807, 2.05) is 84.9 Å². The van der Waals surface area contributed by atoms with Gasteiger partial charge in [0.25, 0.3) is 5.82 Å². The molecule has 0 saturated heterocycles. The molecule has 6 nitrogen and oxygen atoms in total. The summed E-state index contributed by atoms with van der Waals surface area (Å²) in [7, 11) is -3.06. The number of benzene rings is 4. The molecule has 0 bridgehead atoms. The Kier molecular flexibility index (Phi) is 19.7. The fourth-order valence-electron chi connectivity index (χ4n) is 4.56. The van der Waals surface area contributed by atoms with Gasteiger partial charge < -0.3 is 35.4 Å². The summed E-state index contributed by atoms with van der Waals surface area (Å²) in [6, 6.07) is 35.2. The van der Waals surface area contributed by atoms with E-state index in [1.165, 1.54) is 11.4 Å². The number of aryl methyl sites for hydroxylation is 4. The van der Waals surface area contributed by atoms with E-state index in [0.29, 0.717) is 0 Å². The molecule has 0 aliphatic carbocycles. The molecule has 1 heterocycles. The van der Waals surface area contributed by atoms with Gasteiger partial charge in [0, 0.05) is 13.3 Å². The molecule has 3 N–H and O–H groups in total. The van der Waals surface area contributed by atoms with Crippen LogP contribution in [0.2, 0.25) is 0 Å². The molecule has 0 fully saturated rings. The number of nitrogens with one attached hydrogen (secondary N) is 1. The molecule has 0 spiro atoms. The SMILES string of the molecule is Cc1ccc(S(=O)(=O)N[C@H](c2ccccc2)[C@H](N)c2ccccc2)cc1.Cc1n(CCc2ccccc2)cc[n+]1C.F[B-](F)(F)F.[Cl-].[Cl][Ru+]. The van der Waals surface area contributed by atoms with Gasteiger partial charge in [-0.25, -0.2) is 22.3 Å². The summed E-state index contributed by atoms with van der Waals surface area (Å²) in [6.45, 7) is 5.11. The van der Waals surface area contributed by atoms with Crippen LogP contribution in [0.5, 0.6) is 0 Å². The first-order valence-corrected chi connectivity index (χ1v) is 18.5. The molecule has 5 aromatic rings. The van der Waals surface area contributed by atoms with Crippen molar-refractivity contribution in [2.45, 2.75) is 43.8 Å². The first kappa shape index (κ1) is 44.0. The van der Waals surface area contributed by atoms with Gasteiger partial charge in [-0.1, -0.05) is 109 Å². The molecule has 2 atom stereocenters. The molecule has 266 valence electrons. The predicted molar refractivity (Wildman–Crippen MR) is 181 cm³/mol. The van der Waals surface area contributed by atoms with E-state index in [4.69, 9.17) is 5.73 Å². The van der Waals surface area contributed by atoms with Crippen LogP contribution in [-0.4, -0.2) is 20.2 Å². The van der Waals surface area contributed by atoms with Crippen LogP contribution in [0.15, 0.2) is 133 Å². The number of aromatic nitrogens is 2. The van der Waals surface area contributed by atoms with Crippen molar-refractivity contribution in [2.24, 2.45) is 12.8 Å². The Morgan fingerprint density at radius 1 is 0.816 bits per heavy atom. The molecule has 0 aliphatic heterocycles. The van der Waals surface area contributed by atoms with E-state index in [0.717, 1.165) is 29.7 Å². The summed E-state index contributed by atoms with van der Waals surface area (Å²) >= 11 is 1.82. The van der Waals surface area contributed by atoms with E-state index < -0.39 is 29.4 Å². The van der Waals surface area contributed by atoms with Crippen LogP contribution in [0.25, 0.3) is 0 Å². The fourth-order valence-corrected chi connectivity index (χ4v) is 5.81. The third-order valence-corrected chi connectivity index (χ3v) is 8.65. The molecule has 0 saturated carbocycles. The monoisotopic (exact) mass is 826 g/mol. The van der Waals surface area contributed by atoms with Crippen LogP contribution in [0.3, 0.4) is 0 Å². The van der Waals surface area contributed by atoms with E-state index in [2.05, 4.69) is 80.2 Å². The number of nitrogens with two attached hydrogens (primary N) is 1. The summed E-state index contributed by atoms with van der Waals surface area (Å²) in [4.78, 5) is 0.226. The van der Waals surface area contributed by atoms with Gasteiger partial charge in [0.05, 0.1) is 30.6 Å². The number of halogens is 6. The Balaban J connectivity index is 0.000000441. The zero-order chi connectivity index (χ0) is 35.7. The van der Waals surface area contributed by atoms with Crippen LogP contribution in [0.1, 0.15) is 40.2 Å². The molecule has 4 aromatic carbocycles. The Bertz CT molecular complexity index is 1730. The van der Waals surface area contributed by atoms with E-state index in [9.17, 15) is 25.7 Å². The summed E-state index contributed by atoms with van der Waals surface area (Å²) in [5.74, 6) is 1.30. The maximum atomic E-state index is 12.9. The second kappa shape index (κ2) is 21.9. The minimum absolute atomic E-state index is 0. The van der Waals surface area contributed by atoms with Crippen LogP contribution < -0.4 is 27.4 Å². The predicted octanol–water partition coefficient (Wildman–Crippen LogP) is 4.57. The van der Waals surface area contributed by atoms with Crippen LogP contribution in [-0.2, 0) is 47.3 Å². The molecular formula is C34H39BCl2F4N4O2RuS. The maximum absolute atomic E-state index is 12.9. The first-order valence-electron chi connectivity index (χ1n) is 14.7. The average Bonchev–Trinajstić information content (AvgIpc) is 3.40. The van der Waals surface area contributed by atoms with Crippen molar-refractivity contribution < 1.29 is 60.0 Å². The zero-order valence-corrected chi connectivity index (χ0v) is 31.2. The number of imidazole rings is 1. The molecule has 49 heavy (non-hydrogen) atoms. The Morgan fingerprint density at radius 2 is 1.27 bits per heavy atom. The van der Waals surface area contributed by atoms with Gasteiger partial charge in [0.15, 0.2) is 0 Å². The average molecular weight is 827 g/mol. The number of rotatable bonds is 9. The van der Waals surface area contributed by atoms with Crippen LogP contribution >= 0.6 is 9.69 Å². The van der Waals surface area contributed by atoms with Crippen molar-refractivity contribution in [1.29, 1.82) is 0 Å². The van der Waals surface area contributed by atoms with Crippen LogP contribution in [0, 0.1) is 13.8 Å². The van der Waals surface area contributed by atoms with Gasteiger partial charge in [-0.05, 0) is 35.7 Å².